The van der Waals surface area contributed by atoms with E-state index < -0.39 is 22.1 Å². The summed E-state index contributed by atoms with van der Waals surface area (Å²) in [6, 6.07) is 10.2. The van der Waals surface area contributed by atoms with Gasteiger partial charge in [-0.15, -0.1) is 13.2 Å². The van der Waals surface area contributed by atoms with Crippen molar-refractivity contribution in [3.8, 4) is 5.75 Å². The molecule has 0 spiro atoms. The molecule has 0 aliphatic carbocycles. The third-order valence-electron chi connectivity index (χ3n) is 4.03. The lowest BCUT2D eigenvalue weighted by molar-refractivity contribution is -0.274. The van der Waals surface area contributed by atoms with Crippen LogP contribution in [0.5, 0.6) is 5.75 Å². The number of amides is 1. The van der Waals surface area contributed by atoms with Crippen LogP contribution in [0.4, 0.5) is 24.5 Å². The van der Waals surface area contributed by atoms with Crippen LogP contribution in [0.1, 0.15) is 24.0 Å². The quantitative estimate of drug-likeness (QED) is 0.655. The molecule has 2 aromatic carbocycles. The van der Waals surface area contributed by atoms with E-state index in [0.717, 1.165) is 29.5 Å². The van der Waals surface area contributed by atoms with Crippen LogP contribution in [0.2, 0.25) is 0 Å². The van der Waals surface area contributed by atoms with E-state index in [-0.39, 0.29) is 25.3 Å². The number of alkyl halides is 3. The highest BCUT2D eigenvalue weighted by Gasteiger charge is 2.31. The Morgan fingerprint density at radius 2 is 1.63 bits per heavy atom. The topological polar surface area (TPSA) is 75.7 Å². The second-order valence-electron chi connectivity index (χ2n) is 6.90. The van der Waals surface area contributed by atoms with Crippen molar-refractivity contribution < 1.29 is 31.1 Å². The van der Waals surface area contributed by atoms with E-state index in [1.807, 2.05) is 19.9 Å². The molecule has 0 unspecified atom stereocenters. The van der Waals surface area contributed by atoms with Gasteiger partial charge in [0.15, 0.2) is 0 Å². The van der Waals surface area contributed by atoms with Crippen molar-refractivity contribution in [2.45, 2.75) is 33.1 Å². The Morgan fingerprint density at radius 3 is 2.13 bits per heavy atom. The number of benzene rings is 2. The Morgan fingerprint density at radius 1 is 1.07 bits per heavy atom. The van der Waals surface area contributed by atoms with Gasteiger partial charge in [0.05, 0.1) is 11.9 Å². The van der Waals surface area contributed by atoms with E-state index in [1.165, 1.54) is 16.4 Å². The van der Waals surface area contributed by atoms with E-state index in [0.29, 0.717) is 11.4 Å². The number of anilines is 2. The molecule has 0 aromatic heterocycles. The van der Waals surface area contributed by atoms with Gasteiger partial charge in [0.25, 0.3) is 0 Å². The average Bonchev–Trinajstić information content (AvgIpc) is 2.57. The molecular weight excluding hydrogens is 421 g/mol. The SMILES string of the molecule is Cc1cc(C)cc(N(CCCC(=O)Nc2ccc(OC(F)(F)F)cc2)S(C)(=O)=O)c1. The van der Waals surface area contributed by atoms with Gasteiger partial charge in [0.1, 0.15) is 5.75 Å². The molecule has 1 N–H and O–H groups in total. The first-order valence-corrected chi connectivity index (χ1v) is 10.9. The minimum absolute atomic E-state index is 0.0393. The molecule has 0 heterocycles. The molecule has 0 saturated carbocycles. The van der Waals surface area contributed by atoms with Crippen LogP contribution in [0.3, 0.4) is 0 Å². The van der Waals surface area contributed by atoms with Crippen molar-refractivity contribution in [3.05, 3.63) is 53.6 Å². The van der Waals surface area contributed by atoms with Crippen LogP contribution in [-0.4, -0.2) is 33.5 Å². The Hall–Kier alpha value is -2.75. The summed E-state index contributed by atoms with van der Waals surface area (Å²) in [5, 5.41) is 2.56. The van der Waals surface area contributed by atoms with Gasteiger partial charge >= 0.3 is 6.36 Å². The van der Waals surface area contributed by atoms with E-state index in [4.69, 9.17) is 0 Å². The number of hydrogen-bond donors (Lipinski definition) is 1. The number of halogens is 3. The molecule has 10 heteroatoms. The number of carbonyl (C=O) groups excluding carboxylic acids is 1. The number of carbonyl (C=O) groups is 1. The molecule has 164 valence electrons. The maximum absolute atomic E-state index is 12.2. The van der Waals surface area contributed by atoms with Gasteiger partial charge in [-0.25, -0.2) is 8.42 Å². The Labute approximate surface area is 173 Å². The lowest BCUT2D eigenvalue weighted by atomic mass is 10.1. The number of hydrogen-bond acceptors (Lipinski definition) is 4. The molecule has 0 atom stereocenters. The van der Waals surface area contributed by atoms with Crippen LogP contribution in [0.15, 0.2) is 42.5 Å². The number of rotatable bonds is 8. The monoisotopic (exact) mass is 444 g/mol. The molecule has 30 heavy (non-hydrogen) atoms. The first-order valence-electron chi connectivity index (χ1n) is 9.05. The van der Waals surface area contributed by atoms with Crippen LogP contribution < -0.4 is 14.4 Å². The summed E-state index contributed by atoms with van der Waals surface area (Å²) >= 11 is 0. The van der Waals surface area contributed by atoms with Gasteiger partial charge in [-0.1, -0.05) is 6.07 Å². The van der Waals surface area contributed by atoms with Crippen molar-refractivity contribution in [1.29, 1.82) is 0 Å². The summed E-state index contributed by atoms with van der Waals surface area (Å²) in [6.45, 7) is 3.86. The number of ether oxygens (including phenoxy) is 1. The maximum atomic E-state index is 12.2. The molecule has 0 aliphatic rings. The van der Waals surface area contributed by atoms with Crippen molar-refractivity contribution >= 4 is 27.3 Å². The molecular formula is C20H23F3N2O4S. The van der Waals surface area contributed by atoms with Crippen molar-refractivity contribution in [3.63, 3.8) is 0 Å². The van der Waals surface area contributed by atoms with Crippen LogP contribution in [0, 0.1) is 13.8 Å². The smallest absolute Gasteiger partial charge is 0.406 e. The van der Waals surface area contributed by atoms with E-state index in [9.17, 15) is 26.4 Å². The molecule has 2 aromatic rings. The van der Waals surface area contributed by atoms with Gasteiger partial charge in [0, 0.05) is 18.7 Å². The summed E-state index contributed by atoms with van der Waals surface area (Å²) in [6.07, 6.45) is -3.37. The predicted molar refractivity (Wildman–Crippen MR) is 109 cm³/mol. The second kappa shape index (κ2) is 9.38. The number of aryl methyl sites for hydroxylation is 2. The van der Waals surface area contributed by atoms with Crippen molar-refractivity contribution in [2.75, 3.05) is 22.4 Å². The summed E-state index contributed by atoms with van der Waals surface area (Å²) in [4.78, 5) is 12.1. The number of nitrogens with one attached hydrogen (secondary N) is 1. The third kappa shape index (κ3) is 7.58. The Balaban J connectivity index is 1.94. The minimum atomic E-state index is -4.79. The predicted octanol–water partition coefficient (Wildman–Crippen LogP) is 4.39. The summed E-state index contributed by atoms with van der Waals surface area (Å²) < 4.78 is 65.9. The molecule has 0 radical (unpaired) electrons. The molecule has 0 fully saturated rings. The molecule has 0 saturated heterocycles. The average molecular weight is 444 g/mol. The van der Waals surface area contributed by atoms with Crippen LogP contribution >= 0.6 is 0 Å². The fourth-order valence-electron chi connectivity index (χ4n) is 2.93. The third-order valence-corrected chi connectivity index (χ3v) is 5.23. The van der Waals surface area contributed by atoms with E-state index >= 15 is 0 Å². The van der Waals surface area contributed by atoms with Crippen molar-refractivity contribution in [2.24, 2.45) is 0 Å². The van der Waals surface area contributed by atoms with Crippen LogP contribution in [0.25, 0.3) is 0 Å². The number of sulfonamides is 1. The van der Waals surface area contributed by atoms with Crippen molar-refractivity contribution in [1.82, 2.24) is 0 Å². The second-order valence-corrected chi connectivity index (χ2v) is 8.81. The number of nitrogens with zero attached hydrogens (tertiary/aromatic N) is 1. The molecule has 0 bridgehead atoms. The largest absolute Gasteiger partial charge is 0.573 e. The minimum Gasteiger partial charge on any atom is -0.406 e. The lowest BCUT2D eigenvalue weighted by Crippen LogP contribution is -2.31. The zero-order valence-electron chi connectivity index (χ0n) is 16.8. The van der Waals surface area contributed by atoms with Gasteiger partial charge in [0.2, 0.25) is 15.9 Å². The zero-order chi connectivity index (χ0) is 22.5. The van der Waals surface area contributed by atoms with Crippen LogP contribution in [-0.2, 0) is 14.8 Å². The molecule has 0 aliphatic heterocycles. The Bertz CT molecular complexity index is 970. The van der Waals surface area contributed by atoms with E-state index in [2.05, 4.69) is 10.1 Å². The standard InChI is InChI=1S/C20H23F3N2O4S/c1-14-11-15(2)13-17(12-14)25(30(3,27)28)10-4-5-19(26)24-16-6-8-18(9-7-16)29-20(21,22)23/h6-9,11-13H,4-5,10H2,1-3H3,(H,24,26). The van der Waals surface area contributed by atoms with Gasteiger partial charge in [-0.2, -0.15) is 0 Å². The highest BCUT2D eigenvalue weighted by molar-refractivity contribution is 7.92. The lowest BCUT2D eigenvalue weighted by Gasteiger charge is -2.23. The van der Waals surface area contributed by atoms with Gasteiger partial charge < -0.3 is 10.1 Å². The fraction of sp³-hybridized carbons (Fsp3) is 0.350. The highest BCUT2D eigenvalue weighted by atomic mass is 32.2. The van der Waals surface area contributed by atoms with Gasteiger partial charge in [-0.3, -0.25) is 9.10 Å². The van der Waals surface area contributed by atoms with E-state index in [1.54, 1.807) is 12.1 Å². The summed E-state index contributed by atoms with van der Waals surface area (Å²) in [7, 11) is -3.53. The molecule has 6 nitrogen and oxygen atoms in total. The molecule has 1 amide bonds. The summed E-state index contributed by atoms with van der Waals surface area (Å²) in [5.41, 5.74) is 2.70. The Kier molecular flexibility index (Phi) is 7.35. The zero-order valence-corrected chi connectivity index (χ0v) is 17.6. The first kappa shape index (κ1) is 23.5. The highest BCUT2D eigenvalue weighted by Crippen LogP contribution is 2.24. The van der Waals surface area contributed by atoms with Gasteiger partial charge in [-0.05, 0) is 67.8 Å². The summed E-state index contributed by atoms with van der Waals surface area (Å²) in [5.74, 6) is -0.772. The fourth-order valence-corrected chi connectivity index (χ4v) is 3.88. The molecule has 2 rings (SSSR count). The normalized spacial score (nSPS) is 11.8. The first-order chi connectivity index (χ1) is 13.8. The maximum Gasteiger partial charge on any atom is 0.573 e.